The minimum Gasteiger partial charge on any atom is -0.352 e. The average molecular weight is 322 g/mol. The molecule has 124 valence electrons. The van der Waals surface area contributed by atoms with E-state index in [0.29, 0.717) is 32.2 Å². The zero-order valence-corrected chi connectivity index (χ0v) is 12.8. The van der Waals surface area contributed by atoms with E-state index >= 15 is 0 Å². The standard InChI is InChI=1S/C17H20F2N2O2/c1-2-9-20-16(22)11-3-5-12(6-4-11)17(23)21-15-8-7-13(18)10-14(15)19/h2,7-8,10-12H,1,3-6,9H2,(H,20,22)(H,21,23). The molecule has 0 bridgehead atoms. The molecule has 1 aromatic carbocycles. The number of carbonyl (C=O) groups excluding carboxylic acids is 2. The van der Waals surface area contributed by atoms with E-state index in [1.165, 1.54) is 6.07 Å². The Bertz CT molecular complexity index is 596. The van der Waals surface area contributed by atoms with E-state index in [9.17, 15) is 18.4 Å². The fourth-order valence-corrected chi connectivity index (χ4v) is 2.76. The number of carbonyl (C=O) groups is 2. The zero-order chi connectivity index (χ0) is 16.8. The summed E-state index contributed by atoms with van der Waals surface area (Å²) >= 11 is 0. The van der Waals surface area contributed by atoms with E-state index in [2.05, 4.69) is 17.2 Å². The lowest BCUT2D eigenvalue weighted by molar-refractivity contribution is -0.128. The summed E-state index contributed by atoms with van der Waals surface area (Å²) in [5, 5.41) is 5.25. The molecule has 0 unspecified atom stereocenters. The molecular formula is C17H20F2N2O2. The van der Waals surface area contributed by atoms with Gasteiger partial charge in [0, 0.05) is 24.4 Å². The van der Waals surface area contributed by atoms with Gasteiger partial charge in [0.15, 0.2) is 0 Å². The molecule has 0 aliphatic heterocycles. The minimum atomic E-state index is -0.796. The predicted octanol–water partition coefficient (Wildman–Crippen LogP) is 3.01. The van der Waals surface area contributed by atoms with Crippen molar-refractivity contribution < 1.29 is 18.4 Å². The third kappa shape index (κ3) is 4.61. The topological polar surface area (TPSA) is 58.2 Å². The molecule has 0 saturated heterocycles. The first kappa shape index (κ1) is 17.1. The Labute approximate surface area is 134 Å². The number of hydrogen-bond donors (Lipinski definition) is 2. The molecule has 1 aliphatic rings. The van der Waals surface area contributed by atoms with Crippen LogP contribution in [-0.4, -0.2) is 18.4 Å². The molecule has 2 amide bonds. The van der Waals surface area contributed by atoms with Crippen LogP contribution >= 0.6 is 0 Å². The summed E-state index contributed by atoms with van der Waals surface area (Å²) in [7, 11) is 0. The highest BCUT2D eigenvalue weighted by Crippen LogP contribution is 2.30. The van der Waals surface area contributed by atoms with Crippen LogP contribution in [0.4, 0.5) is 14.5 Å². The van der Waals surface area contributed by atoms with Gasteiger partial charge in [-0.25, -0.2) is 8.78 Å². The van der Waals surface area contributed by atoms with Crippen molar-refractivity contribution in [1.82, 2.24) is 5.32 Å². The summed E-state index contributed by atoms with van der Waals surface area (Å²) < 4.78 is 26.4. The Kier molecular flexibility index (Phi) is 5.84. The van der Waals surface area contributed by atoms with Gasteiger partial charge in [-0.3, -0.25) is 9.59 Å². The summed E-state index contributed by atoms with van der Waals surface area (Å²) in [5.74, 6) is -2.15. The lowest BCUT2D eigenvalue weighted by Gasteiger charge is -2.27. The van der Waals surface area contributed by atoms with Crippen LogP contribution in [0.25, 0.3) is 0 Å². The fraction of sp³-hybridized carbons (Fsp3) is 0.412. The number of amides is 2. The molecule has 6 heteroatoms. The van der Waals surface area contributed by atoms with Crippen molar-refractivity contribution in [3.63, 3.8) is 0 Å². The van der Waals surface area contributed by atoms with Crippen molar-refractivity contribution in [2.45, 2.75) is 25.7 Å². The molecule has 0 heterocycles. The van der Waals surface area contributed by atoms with Gasteiger partial charge < -0.3 is 10.6 Å². The molecule has 2 N–H and O–H groups in total. The van der Waals surface area contributed by atoms with Crippen molar-refractivity contribution in [3.8, 4) is 0 Å². The number of benzene rings is 1. The van der Waals surface area contributed by atoms with E-state index in [4.69, 9.17) is 0 Å². The molecule has 0 aromatic heterocycles. The van der Waals surface area contributed by atoms with Gasteiger partial charge in [-0.2, -0.15) is 0 Å². The maximum absolute atomic E-state index is 13.5. The summed E-state index contributed by atoms with van der Waals surface area (Å²) in [6, 6.07) is 3.03. The SMILES string of the molecule is C=CCNC(=O)C1CCC(C(=O)Nc2ccc(F)cc2F)CC1. The Morgan fingerprint density at radius 2 is 1.74 bits per heavy atom. The molecule has 0 atom stereocenters. The third-order valence-electron chi connectivity index (χ3n) is 4.08. The summed E-state index contributed by atoms with van der Waals surface area (Å²) in [4.78, 5) is 24.0. The van der Waals surface area contributed by atoms with Crippen LogP contribution in [0, 0.1) is 23.5 Å². The number of hydrogen-bond acceptors (Lipinski definition) is 2. The maximum atomic E-state index is 13.5. The van der Waals surface area contributed by atoms with Crippen LogP contribution in [0.3, 0.4) is 0 Å². The van der Waals surface area contributed by atoms with Gasteiger partial charge in [-0.05, 0) is 37.8 Å². The van der Waals surface area contributed by atoms with Crippen LogP contribution in [-0.2, 0) is 9.59 Å². The molecule has 1 fully saturated rings. The van der Waals surface area contributed by atoms with Crippen LogP contribution in [0.15, 0.2) is 30.9 Å². The van der Waals surface area contributed by atoms with Crippen molar-refractivity contribution >= 4 is 17.5 Å². The van der Waals surface area contributed by atoms with Crippen LogP contribution < -0.4 is 10.6 Å². The third-order valence-corrected chi connectivity index (χ3v) is 4.08. The van der Waals surface area contributed by atoms with Gasteiger partial charge in [0.25, 0.3) is 0 Å². The molecule has 1 aliphatic carbocycles. The number of nitrogens with one attached hydrogen (secondary N) is 2. The zero-order valence-electron chi connectivity index (χ0n) is 12.8. The van der Waals surface area contributed by atoms with Gasteiger partial charge in [-0.1, -0.05) is 6.08 Å². The summed E-state index contributed by atoms with van der Waals surface area (Å²) in [5.41, 5.74) is -0.0257. The number of halogens is 2. The van der Waals surface area contributed by atoms with Crippen molar-refractivity contribution in [2.24, 2.45) is 11.8 Å². The van der Waals surface area contributed by atoms with E-state index in [1.807, 2.05) is 0 Å². The second-order valence-corrected chi connectivity index (χ2v) is 5.70. The van der Waals surface area contributed by atoms with Gasteiger partial charge in [-0.15, -0.1) is 6.58 Å². The van der Waals surface area contributed by atoms with E-state index in [0.717, 1.165) is 12.1 Å². The molecule has 0 radical (unpaired) electrons. The van der Waals surface area contributed by atoms with Crippen LogP contribution in [0.1, 0.15) is 25.7 Å². The monoisotopic (exact) mass is 322 g/mol. The number of anilines is 1. The first-order valence-corrected chi connectivity index (χ1v) is 7.65. The number of rotatable bonds is 5. The lowest BCUT2D eigenvalue weighted by Crippen LogP contribution is -2.35. The van der Waals surface area contributed by atoms with Crippen molar-refractivity contribution in [3.05, 3.63) is 42.5 Å². The molecule has 2 rings (SSSR count). The Morgan fingerprint density at radius 3 is 2.30 bits per heavy atom. The molecule has 1 saturated carbocycles. The van der Waals surface area contributed by atoms with Gasteiger partial charge in [0.1, 0.15) is 11.6 Å². The fourth-order valence-electron chi connectivity index (χ4n) is 2.76. The van der Waals surface area contributed by atoms with E-state index in [1.54, 1.807) is 6.08 Å². The second kappa shape index (κ2) is 7.85. The first-order chi connectivity index (χ1) is 11.0. The highest BCUT2D eigenvalue weighted by Gasteiger charge is 2.30. The summed E-state index contributed by atoms with van der Waals surface area (Å²) in [6.07, 6.45) is 4.00. The highest BCUT2D eigenvalue weighted by molar-refractivity contribution is 5.92. The molecule has 23 heavy (non-hydrogen) atoms. The van der Waals surface area contributed by atoms with Gasteiger partial charge >= 0.3 is 0 Å². The average Bonchev–Trinajstić information content (AvgIpc) is 2.55. The molecule has 1 aromatic rings. The quantitative estimate of drug-likeness (QED) is 0.819. The van der Waals surface area contributed by atoms with E-state index in [-0.39, 0.29) is 29.3 Å². The molecule has 0 spiro atoms. The van der Waals surface area contributed by atoms with Gasteiger partial charge in [0.2, 0.25) is 11.8 Å². The first-order valence-electron chi connectivity index (χ1n) is 7.65. The molecular weight excluding hydrogens is 302 g/mol. The van der Waals surface area contributed by atoms with Crippen molar-refractivity contribution in [2.75, 3.05) is 11.9 Å². The van der Waals surface area contributed by atoms with Crippen LogP contribution in [0.2, 0.25) is 0 Å². The maximum Gasteiger partial charge on any atom is 0.227 e. The normalized spacial score (nSPS) is 20.6. The Hall–Kier alpha value is -2.24. The van der Waals surface area contributed by atoms with Crippen molar-refractivity contribution in [1.29, 1.82) is 0 Å². The minimum absolute atomic E-state index is 0.0201. The second-order valence-electron chi connectivity index (χ2n) is 5.70. The summed E-state index contributed by atoms with van der Waals surface area (Å²) in [6.45, 7) is 3.98. The lowest BCUT2D eigenvalue weighted by atomic mass is 9.81. The van der Waals surface area contributed by atoms with Gasteiger partial charge in [0.05, 0.1) is 5.69 Å². The van der Waals surface area contributed by atoms with E-state index < -0.39 is 11.6 Å². The largest absolute Gasteiger partial charge is 0.352 e. The molecule has 4 nitrogen and oxygen atoms in total. The predicted molar refractivity (Wildman–Crippen MR) is 83.6 cm³/mol. The highest BCUT2D eigenvalue weighted by atomic mass is 19.1. The Morgan fingerprint density at radius 1 is 1.13 bits per heavy atom. The van der Waals surface area contributed by atoms with Crippen LogP contribution in [0.5, 0.6) is 0 Å². The Balaban J connectivity index is 1.86. The smallest absolute Gasteiger partial charge is 0.227 e.